The van der Waals surface area contributed by atoms with Crippen LogP contribution in [0.1, 0.15) is 23.2 Å². The van der Waals surface area contributed by atoms with Crippen LogP contribution in [-0.2, 0) is 0 Å². The van der Waals surface area contributed by atoms with Crippen LogP contribution in [0, 0.1) is 0 Å². The molecule has 7 nitrogen and oxygen atoms in total. The number of nitrogens with one attached hydrogen (secondary N) is 2. The Morgan fingerprint density at radius 3 is 2.58 bits per heavy atom. The van der Waals surface area contributed by atoms with Gasteiger partial charge in [-0.1, -0.05) is 0 Å². The Balaban J connectivity index is 2.17. The fourth-order valence-electron chi connectivity index (χ4n) is 2.09. The molecule has 0 spiro atoms. The van der Waals surface area contributed by atoms with Gasteiger partial charge in [-0.15, -0.1) is 0 Å². The summed E-state index contributed by atoms with van der Waals surface area (Å²) in [4.78, 5) is 20.2. The van der Waals surface area contributed by atoms with Crippen molar-refractivity contribution in [2.75, 3.05) is 27.3 Å². The SMILES string of the molecule is COc1ncnc(OC)c1C(=O)N[C@H]1CCCNC1. The van der Waals surface area contributed by atoms with Gasteiger partial charge in [-0.05, 0) is 19.4 Å². The molecule has 1 saturated heterocycles. The summed E-state index contributed by atoms with van der Waals surface area (Å²) < 4.78 is 10.2. The Bertz CT molecular complexity index is 424. The maximum Gasteiger partial charge on any atom is 0.262 e. The summed E-state index contributed by atoms with van der Waals surface area (Å²) in [6.45, 7) is 1.76. The first kappa shape index (κ1) is 13.5. The first-order valence-corrected chi connectivity index (χ1v) is 6.20. The number of carbonyl (C=O) groups is 1. The van der Waals surface area contributed by atoms with Crippen molar-refractivity contribution in [2.24, 2.45) is 0 Å². The minimum absolute atomic E-state index is 0.107. The number of hydrogen-bond donors (Lipinski definition) is 2. The highest BCUT2D eigenvalue weighted by molar-refractivity contribution is 5.98. The first-order valence-electron chi connectivity index (χ1n) is 6.20. The molecule has 1 aromatic rings. The van der Waals surface area contributed by atoms with Gasteiger partial charge in [0.1, 0.15) is 6.33 Å². The molecular weight excluding hydrogens is 248 g/mol. The van der Waals surface area contributed by atoms with Gasteiger partial charge in [0.25, 0.3) is 5.91 Å². The van der Waals surface area contributed by atoms with Crippen LogP contribution in [0.15, 0.2) is 6.33 Å². The van der Waals surface area contributed by atoms with E-state index in [1.807, 2.05) is 0 Å². The fraction of sp³-hybridized carbons (Fsp3) is 0.583. The molecule has 2 N–H and O–H groups in total. The molecule has 0 bridgehead atoms. The number of carbonyl (C=O) groups excluding carboxylic acids is 1. The summed E-state index contributed by atoms with van der Waals surface area (Å²) >= 11 is 0. The molecule has 1 fully saturated rings. The van der Waals surface area contributed by atoms with Crippen molar-refractivity contribution < 1.29 is 14.3 Å². The second-order valence-corrected chi connectivity index (χ2v) is 4.28. The molecule has 1 aliphatic heterocycles. The summed E-state index contributed by atoms with van der Waals surface area (Å²) in [7, 11) is 2.92. The van der Waals surface area contributed by atoms with Crippen molar-refractivity contribution in [1.29, 1.82) is 0 Å². The Morgan fingerprint density at radius 2 is 2.05 bits per heavy atom. The van der Waals surface area contributed by atoms with Crippen LogP contribution in [0.2, 0.25) is 0 Å². The maximum atomic E-state index is 12.3. The molecule has 0 radical (unpaired) electrons. The van der Waals surface area contributed by atoms with E-state index in [1.165, 1.54) is 20.5 Å². The molecule has 7 heteroatoms. The molecule has 0 aromatic carbocycles. The molecule has 2 rings (SSSR count). The van der Waals surface area contributed by atoms with E-state index >= 15 is 0 Å². The normalized spacial score (nSPS) is 18.7. The van der Waals surface area contributed by atoms with E-state index in [2.05, 4.69) is 20.6 Å². The summed E-state index contributed by atoms with van der Waals surface area (Å²) in [5, 5.41) is 6.18. The number of ether oxygens (including phenoxy) is 2. The molecule has 1 aromatic heterocycles. The van der Waals surface area contributed by atoms with Crippen molar-refractivity contribution in [3.8, 4) is 11.8 Å². The monoisotopic (exact) mass is 266 g/mol. The van der Waals surface area contributed by atoms with E-state index in [9.17, 15) is 4.79 Å². The summed E-state index contributed by atoms with van der Waals surface area (Å²) in [5.41, 5.74) is 0.234. The zero-order valence-electron chi connectivity index (χ0n) is 11.1. The highest BCUT2D eigenvalue weighted by atomic mass is 16.5. The summed E-state index contributed by atoms with van der Waals surface area (Å²) in [6.07, 6.45) is 3.30. The Kier molecular flexibility index (Phi) is 4.51. The molecule has 1 amide bonds. The van der Waals surface area contributed by atoms with Gasteiger partial charge in [-0.2, -0.15) is 0 Å². The third-order valence-electron chi connectivity index (χ3n) is 3.02. The Labute approximate surface area is 111 Å². The first-order chi connectivity index (χ1) is 9.26. The number of methoxy groups -OCH3 is 2. The van der Waals surface area contributed by atoms with Crippen molar-refractivity contribution in [3.63, 3.8) is 0 Å². The van der Waals surface area contributed by atoms with Gasteiger partial charge in [0, 0.05) is 12.6 Å². The van der Waals surface area contributed by atoms with Crippen LogP contribution in [0.5, 0.6) is 11.8 Å². The molecule has 1 aliphatic rings. The summed E-state index contributed by atoms with van der Waals surface area (Å²) in [5.74, 6) is 0.157. The highest BCUT2D eigenvalue weighted by Gasteiger charge is 2.24. The van der Waals surface area contributed by atoms with Gasteiger partial charge in [-0.3, -0.25) is 4.79 Å². The van der Waals surface area contributed by atoms with Crippen LogP contribution in [-0.4, -0.2) is 49.2 Å². The molecule has 0 unspecified atom stereocenters. The van der Waals surface area contributed by atoms with Crippen LogP contribution >= 0.6 is 0 Å². The largest absolute Gasteiger partial charge is 0.480 e. The zero-order valence-corrected chi connectivity index (χ0v) is 11.1. The van der Waals surface area contributed by atoms with Gasteiger partial charge >= 0.3 is 0 Å². The second-order valence-electron chi connectivity index (χ2n) is 4.28. The van der Waals surface area contributed by atoms with Gasteiger partial charge < -0.3 is 20.1 Å². The predicted octanol–water partition coefficient (Wildman–Crippen LogP) is -0.0244. The third kappa shape index (κ3) is 3.11. The molecule has 2 heterocycles. The summed E-state index contributed by atoms with van der Waals surface area (Å²) in [6, 6.07) is 0.107. The number of rotatable bonds is 4. The Morgan fingerprint density at radius 1 is 1.37 bits per heavy atom. The minimum atomic E-state index is -0.275. The van der Waals surface area contributed by atoms with E-state index in [4.69, 9.17) is 9.47 Å². The number of nitrogens with zero attached hydrogens (tertiary/aromatic N) is 2. The molecule has 1 atom stereocenters. The van der Waals surface area contributed by atoms with Crippen LogP contribution in [0.25, 0.3) is 0 Å². The molecule has 104 valence electrons. The third-order valence-corrected chi connectivity index (χ3v) is 3.02. The molecular formula is C12H18N4O3. The second kappa shape index (κ2) is 6.33. The lowest BCUT2D eigenvalue weighted by Crippen LogP contribution is -2.45. The smallest absolute Gasteiger partial charge is 0.262 e. The van der Waals surface area contributed by atoms with Crippen LogP contribution in [0.3, 0.4) is 0 Å². The van der Waals surface area contributed by atoms with Gasteiger partial charge in [0.15, 0.2) is 5.56 Å². The predicted molar refractivity (Wildman–Crippen MR) is 68.5 cm³/mol. The number of piperidine rings is 1. The van der Waals surface area contributed by atoms with Crippen molar-refractivity contribution in [2.45, 2.75) is 18.9 Å². The molecule has 19 heavy (non-hydrogen) atoms. The standard InChI is InChI=1S/C12H18N4O3/c1-18-11-9(12(19-2)15-7-14-11)10(17)16-8-4-3-5-13-6-8/h7-8,13H,3-6H2,1-2H3,(H,16,17)/t8-/m0/s1. The lowest BCUT2D eigenvalue weighted by Gasteiger charge is -2.24. The topological polar surface area (TPSA) is 85.4 Å². The van der Waals surface area contributed by atoms with E-state index in [1.54, 1.807) is 0 Å². The average Bonchev–Trinajstić information content (AvgIpc) is 2.47. The zero-order chi connectivity index (χ0) is 13.7. The lowest BCUT2D eigenvalue weighted by atomic mass is 10.1. The Hall–Kier alpha value is -1.89. The van der Waals surface area contributed by atoms with E-state index in [0.29, 0.717) is 0 Å². The number of amides is 1. The lowest BCUT2D eigenvalue weighted by molar-refractivity contribution is 0.0922. The van der Waals surface area contributed by atoms with Gasteiger partial charge in [0.05, 0.1) is 14.2 Å². The minimum Gasteiger partial charge on any atom is -0.480 e. The molecule has 0 aliphatic carbocycles. The van der Waals surface area contributed by atoms with E-state index in [-0.39, 0.29) is 29.3 Å². The van der Waals surface area contributed by atoms with Crippen molar-refractivity contribution >= 4 is 5.91 Å². The van der Waals surface area contributed by atoms with Crippen molar-refractivity contribution in [3.05, 3.63) is 11.9 Å². The highest BCUT2D eigenvalue weighted by Crippen LogP contribution is 2.23. The number of aromatic nitrogens is 2. The van der Waals surface area contributed by atoms with Crippen LogP contribution < -0.4 is 20.1 Å². The van der Waals surface area contributed by atoms with Gasteiger partial charge in [0.2, 0.25) is 11.8 Å². The van der Waals surface area contributed by atoms with Gasteiger partial charge in [-0.25, -0.2) is 9.97 Å². The van der Waals surface area contributed by atoms with Crippen molar-refractivity contribution in [1.82, 2.24) is 20.6 Å². The number of hydrogen-bond acceptors (Lipinski definition) is 6. The average molecular weight is 266 g/mol. The fourth-order valence-corrected chi connectivity index (χ4v) is 2.09. The maximum absolute atomic E-state index is 12.3. The van der Waals surface area contributed by atoms with Crippen LogP contribution in [0.4, 0.5) is 0 Å². The van der Waals surface area contributed by atoms with E-state index in [0.717, 1.165) is 25.9 Å². The van der Waals surface area contributed by atoms with E-state index < -0.39 is 0 Å². The quantitative estimate of drug-likeness (QED) is 0.796. The molecule has 0 saturated carbocycles.